The lowest BCUT2D eigenvalue weighted by molar-refractivity contribution is -0.230. The van der Waals surface area contributed by atoms with Crippen LogP contribution in [0, 0.1) is 0 Å². The SMILES string of the molecule is CCC1=C(CC)c2nc1cc1[nH]c(cc3[nH]c(cc4nc5c(c(CCOCC(=O)NCCC[C@H]6O[C@H](CO)[C@H](O)[C@H](O)[C@H]6O)ccc25)C4(CC)CC)c(CC)c3CC)c(CC)c1CC. The van der Waals surface area contributed by atoms with Gasteiger partial charge in [0.15, 0.2) is 0 Å². The predicted molar refractivity (Wildman–Crippen MR) is 255 cm³/mol. The van der Waals surface area contributed by atoms with Crippen LogP contribution < -0.4 is 5.32 Å². The fourth-order valence-electron chi connectivity index (χ4n) is 11.0. The third-order valence-corrected chi connectivity index (χ3v) is 14.4. The number of hydrogen-bond donors (Lipinski definition) is 7. The van der Waals surface area contributed by atoms with Crippen LogP contribution in [-0.4, -0.2) is 103 Å². The second-order valence-corrected chi connectivity index (χ2v) is 17.6. The van der Waals surface area contributed by atoms with Crippen molar-refractivity contribution in [2.45, 2.75) is 162 Å². The lowest BCUT2D eigenvalue weighted by Gasteiger charge is -2.40. The molecule has 5 atom stereocenters. The van der Waals surface area contributed by atoms with E-state index in [0.29, 0.717) is 32.4 Å². The highest BCUT2D eigenvalue weighted by atomic mass is 16.5. The van der Waals surface area contributed by atoms with Gasteiger partial charge in [-0.1, -0.05) is 67.5 Å². The van der Waals surface area contributed by atoms with E-state index >= 15 is 0 Å². The molecule has 0 radical (unpaired) electrons. The minimum atomic E-state index is -1.41. The van der Waals surface area contributed by atoms with Gasteiger partial charge >= 0.3 is 0 Å². The van der Waals surface area contributed by atoms with E-state index in [0.717, 1.165) is 107 Å². The molecule has 3 aromatic heterocycles. The molecule has 1 amide bonds. The second kappa shape index (κ2) is 20.4. The average molecular weight is 878 g/mol. The molecule has 12 heteroatoms. The molecule has 12 nitrogen and oxygen atoms in total. The lowest BCUT2D eigenvalue weighted by atomic mass is 9.72. The Morgan fingerprint density at radius 3 is 1.92 bits per heavy atom. The topological polar surface area (TPSA) is 186 Å². The van der Waals surface area contributed by atoms with Crippen LogP contribution in [0.25, 0.3) is 44.1 Å². The Hall–Kier alpha value is -4.43. The molecule has 1 fully saturated rings. The zero-order chi connectivity index (χ0) is 45.9. The summed E-state index contributed by atoms with van der Waals surface area (Å²) >= 11 is 0. The van der Waals surface area contributed by atoms with Crippen LogP contribution in [-0.2, 0) is 51.8 Å². The number of rotatable bonds is 18. The number of hydrogen-bond acceptors (Lipinski definition) is 9. The summed E-state index contributed by atoms with van der Waals surface area (Å²) in [6, 6.07) is 11.4. The number of benzene rings is 1. The number of H-pyrrole nitrogens is 2. The van der Waals surface area contributed by atoms with Gasteiger partial charge in [0.2, 0.25) is 5.91 Å². The van der Waals surface area contributed by atoms with Crippen molar-refractivity contribution in [3.05, 3.63) is 80.8 Å². The summed E-state index contributed by atoms with van der Waals surface area (Å²) in [6.07, 6.45) is 2.68. The van der Waals surface area contributed by atoms with Crippen LogP contribution >= 0.6 is 0 Å². The van der Waals surface area contributed by atoms with Gasteiger partial charge in [-0.3, -0.25) is 9.78 Å². The van der Waals surface area contributed by atoms with Gasteiger partial charge in [-0.15, -0.1) is 0 Å². The summed E-state index contributed by atoms with van der Waals surface area (Å²) in [5, 5.41) is 44.0. The van der Waals surface area contributed by atoms with Gasteiger partial charge in [0.25, 0.3) is 0 Å². The molecule has 64 heavy (non-hydrogen) atoms. The summed E-state index contributed by atoms with van der Waals surface area (Å²) in [4.78, 5) is 31.9. The van der Waals surface area contributed by atoms with Gasteiger partial charge in [0.05, 0.1) is 41.9 Å². The maximum Gasteiger partial charge on any atom is 0.245 e. The number of aliphatic hydroxyl groups is 4. The van der Waals surface area contributed by atoms with Gasteiger partial charge in [0.1, 0.15) is 31.0 Å². The highest BCUT2D eigenvalue weighted by Gasteiger charge is 2.43. The van der Waals surface area contributed by atoms with Crippen molar-refractivity contribution >= 4 is 50.0 Å². The monoisotopic (exact) mass is 878 g/mol. The van der Waals surface area contributed by atoms with Crippen LogP contribution in [0.1, 0.15) is 144 Å². The molecule has 0 spiro atoms. The molecular weight excluding hydrogens is 807 g/mol. The molecule has 6 heterocycles. The van der Waals surface area contributed by atoms with E-state index in [1.807, 2.05) is 0 Å². The molecule has 1 saturated heterocycles. The number of aromatic amines is 2. The Morgan fingerprint density at radius 1 is 0.750 bits per heavy atom. The van der Waals surface area contributed by atoms with Crippen molar-refractivity contribution in [1.29, 1.82) is 0 Å². The minimum Gasteiger partial charge on any atom is -0.394 e. The number of nitrogens with zero attached hydrogens (tertiary/aromatic N) is 2. The van der Waals surface area contributed by atoms with E-state index in [-0.39, 0.29) is 17.9 Å². The summed E-state index contributed by atoms with van der Waals surface area (Å²) in [5.41, 5.74) is 18.5. The highest BCUT2D eigenvalue weighted by molar-refractivity contribution is 6.02. The molecule has 346 valence electrons. The lowest BCUT2D eigenvalue weighted by Crippen LogP contribution is -2.58. The molecule has 7 rings (SSSR count). The zero-order valence-corrected chi connectivity index (χ0v) is 39.3. The van der Waals surface area contributed by atoms with E-state index in [1.165, 1.54) is 39.0 Å². The predicted octanol–water partition coefficient (Wildman–Crippen LogP) is 7.85. The normalized spacial score (nSPS) is 20.8. The average Bonchev–Trinajstić information content (AvgIpc) is 4.03. The van der Waals surface area contributed by atoms with Crippen molar-refractivity contribution in [3.63, 3.8) is 0 Å². The van der Waals surface area contributed by atoms with Gasteiger partial charge < -0.3 is 45.2 Å². The number of carbonyl (C=O) groups excluding carboxylic acids is 1. The number of aryl methyl sites for hydroxylation is 4. The van der Waals surface area contributed by atoms with E-state index < -0.39 is 37.1 Å². The van der Waals surface area contributed by atoms with Gasteiger partial charge in [0, 0.05) is 39.4 Å². The first-order chi connectivity index (χ1) is 31.0. The Morgan fingerprint density at radius 2 is 1.34 bits per heavy atom. The number of ether oxygens (including phenoxy) is 2. The molecule has 1 aromatic carbocycles. The Kier molecular flexibility index (Phi) is 15.1. The number of allylic oxidation sites excluding steroid dienone is 2. The Balaban J connectivity index is 1.26. The molecular formula is C52H71N5O7. The maximum absolute atomic E-state index is 12.9. The second-order valence-electron chi connectivity index (χ2n) is 17.6. The molecule has 0 unspecified atom stereocenters. The van der Waals surface area contributed by atoms with Crippen molar-refractivity contribution in [1.82, 2.24) is 25.3 Å². The fraction of sp³-hybridized carbons (Fsp3) is 0.558. The fourth-order valence-corrected chi connectivity index (χ4v) is 11.0. The molecule has 0 saturated carbocycles. The highest BCUT2D eigenvalue weighted by Crippen LogP contribution is 2.48. The summed E-state index contributed by atoms with van der Waals surface area (Å²) < 4.78 is 11.6. The van der Waals surface area contributed by atoms with Crippen molar-refractivity contribution in [2.24, 2.45) is 0 Å². The molecule has 7 N–H and O–H groups in total. The number of fused-ring (bicyclic) bond motifs is 8. The van der Waals surface area contributed by atoms with Gasteiger partial charge in [-0.05, 0) is 133 Å². The van der Waals surface area contributed by atoms with Crippen LogP contribution in [0.4, 0.5) is 0 Å². The number of nitrogens with one attached hydrogen (secondary N) is 3. The summed E-state index contributed by atoms with van der Waals surface area (Å²) in [6.45, 7) is 18.1. The first-order valence-corrected chi connectivity index (χ1v) is 24.1. The molecule has 4 aromatic rings. The van der Waals surface area contributed by atoms with Crippen LogP contribution in [0.3, 0.4) is 0 Å². The van der Waals surface area contributed by atoms with E-state index in [1.54, 1.807) is 0 Å². The number of aromatic nitrogens is 4. The number of aliphatic hydroxyl groups excluding tert-OH is 4. The van der Waals surface area contributed by atoms with Crippen molar-refractivity contribution in [2.75, 3.05) is 26.4 Å². The summed E-state index contributed by atoms with van der Waals surface area (Å²) in [5.74, 6) is -0.253. The van der Waals surface area contributed by atoms with Crippen molar-refractivity contribution in [3.8, 4) is 0 Å². The van der Waals surface area contributed by atoms with Crippen LogP contribution in [0.2, 0.25) is 0 Å². The van der Waals surface area contributed by atoms with E-state index in [4.69, 9.17) is 19.4 Å². The molecule has 8 bridgehead atoms. The molecule has 0 aliphatic carbocycles. The zero-order valence-electron chi connectivity index (χ0n) is 39.3. The maximum atomic E-state index is 12.9. The molecule has 3 aliphatic heterocycles. The smallest absolute Gasteiger partial charge is 0.245 e. The Labute approximate surface area is 378 Å². The Bertz CT molecular complexity index is 2530. The number of carbonyl (C=O) groups is 1. The quantitative estimate of drug-likeness (QED) is 0.0489. The largest absolute Gasteiger partial charge is 0.394 e. The van der Waals surface area contributed by atoms with Gasteiger partial charge in [-0.2, -0.15) is 0 Å². The van der Waals surface area contributed by atoms with Crippen LogP contribution in [0.15, 0.2) is 30.3 Å². The summed E-state index contributed by atoms with van der Waals surface area (Å²) in [7, 11) is 0. The van der Waals surface area contributed by atoms with E-state index in [2.05, 4.69) is 101 Å². The van der Waals surface area contributed by atoms with Crippen LogP contribution in [0.5, 0.6) is 0 Å². The standard InChI is InChI=1S/C52H71N5O7/c1-9-30-31(10-2)39-25-40-34(13-5)35(14-6)47(56-40)36-20-19-29(21-23-63-28-45(59)53-22-17-18-42-49(60)51(62)50(61)43(27-58)64-42)46-48(36)57-44(52(46,15-7)16-8)26-41-33(12-4)32(11-3)38(55-41)24-37(30)54-39/h19-20,24-26,42-43,49-51,54-55,58,60-62H,9-18,21-23,27-28H2,1-8H3,(H,53,59)/t42-,43-,49+,50+,51-/m1/s1. The van der Waals surface area contributed by atoms with Gasteiger partial charge in [-0.25, -0.2) is 4.98 Å². The third kappa shape index (κ3) is 8.58. The first-order valence-electron chi connectivity index (χ1n) is 24.1. The van der Waals surface area contributed by atoms with Crippen molar-refractivity contribution < 1.29 is 34.7 Å². The third-order valence-electron chi connectivity index (χ3n) is 14.4. The number of amides is 1. The first kappa shape index (κ1) is 47.5. The molecule has 3 aliphatic rings. The minimum absolute atomic E-state index is 0.105. The van der Waals surface area contributed by atoms with E-state index in [9.17, 15) is 25.2 Å².